The Hall–Kier alpha value is -4.76. The average molecular weight is 522 g/mol. The van der Waals surface area contributed by atoms with Gasteiger partial charge in [0, 0.05) is 34.1 Å². The SMILES string of the molecule is COc1cc2c(cc1-c1c(C)noc1C)[nH]c1nc(C)nc(-c3ccc(C(=O)NCCO)c4ccccc34)c12. The standard InChI is InChI=1S/C30H27N5O4/c1-15-26(16(2)39-35-15)23-13-24-22(14-25(23)38-4)27-28(32-17(3)33-29(27)34-24)20-9-10-21(30(37)31-11-12-36)19-8-6-5-7-18(19)20/h5-10,13-14,36H,11-12H2,1-4H3,(H,31,37)(H,32,33,34). The number of nitrogens with one attached hydrogen (secondary N) is 2. The lowest BCUT2D eigenvalue weighted by Crippen LogP contribution is -2.26. The predicted octanol–water partition coefficient (Wildman–Crippen LogP) is 5.24. The maximum Gasteiger partial charge on any atom is 0.251 e. The Morgan fingerprint density at radius 3 is 2.54 bits per heavy atom. The molecule has 196 valence electrons. The summed E-state index contributed by atoms with van der Waals surface area (Å²) < 4.78 is 11.3. The Morgan fingerprint density at radius 2 is 1.82 bits per heavy atom. The van der Waals surface area contributed by atoms with E-state index < -0.39 is 0 Å². The molecule has 0 aliphatic carbocycles. The van der Waals surface area contributed by atoms with Crippen LogP contribution in [-0.2, 0) is 0 Å². The molecule has 3 aromatic heterocycles. The molecule has 3 N–H and O–H groups in total. The van der Waals surface area contributed by atoms with Crippen molar-refractivity contribution >= 4 is 38.6 Å². The molecule has 6 aromatic rings. The Morgan fingerprint density at radius 1 is 1.03 bits per heavy atom. The van der Waals surface area contributed by atoms with Crippen LogP contribution in [-0.4, -0.2) is 51.4 Å². The third kappa shape index (κ3) is 3.98. The fourth-order valence-corrected chi connectivity index (χ4v) is 5.33. The minimum atomic E-state index is -0.237. The minimum Gasteiger partial charge on any atom is -0.496 e. The number of rotatable bonds is 6. The Kier molecular flexibility index (Phi) is 6.00. The van der Waals surface area contributed by atoms with Crippen molar-refractivity contribution in [2.75, 3.05) is 20.3 Å². The zero-order valence-corrected chi connectivity index (χ0v) is 22.0. The van der Waals surface area contributed by atoms with Crippen molar-refractivity contribution in [1.29, 1.82) is 0 Å². The van der Waals surface area contributed by atoms with Gasteiger partial charge < -0.3 is 24.7 Å². The number of H-pyrrole nitrogens is 1. The van der Waals surface area contributed by atoms with Crippen molar-refractivity contribution in [1.82, 2.24) is 25.4 Å². The number of ether oxygens (including phenoxy) is 1. The number of nitrogens with zero attached hydrogens (tertiary/aromatic N) is 3. The number of carbonyl (C=O) groups is 1. The van der Waals surface area contributed by atoms with Crippen LogP contribution in [0.25, 0.3) is 55.1 Å². The van der Waals surface area contributed by atoms with E-state index in [1.54, 1.807) is 13.2 Å². The molecule has 0 spiro atoms. The molecule has 6 rings (SSSR count). The number of aromatic nitrogens is 4. The first-order chi connectivity index (χ1) is 18.9. The first kappa shape index (κ1) is 24.6. The van der Waals surface area contributed by atoms with Crippen molar-refractivity contribution in [3.63, 3.8) is 0 Å². The van der Waals surface area contributed by atoms with Gasteiger partial charge in [0.1, 0.15) is 23.0 Å². The zero-order valence-electron chi connectivity index (χ0n) is 22.0. The summed E-state index contributed by atoms with van der Waals surface area (Å²) >= 11 is 0. The summed E-state index contributed by atoms with van der Waals surface area (Å²) in [6.45, 7) is 5.72. The monoisotopic (exact) mass is 521 g/mol. The molecule has 3 aromatic carbocycles. The number of aromatic amines is 1. The Bertz CT molecular complexity index is 1880. The molecule has 3 heterocycles. The van der Waals surface area contributed by atoms with Gasteiger partial charge in [-0.2, -0.15) is 0 Å². The van der Waals surface area contributed by atoms with Crippen LogP contribution < -0.4 is 10.1 Å². The number of fused-ring (bicyclic) bond motifs is 4. The van der Waals surface area contributed by atoms with Crippen LogP contribution in [0.15, 0.2) is 53.1 Å². The molecule has 9 nitrogen and oxygen atoms in total. The van der Waals surface area contributed by atoms with Crippen LogP contribution >= 0.6 is 0 Å². The van der Waals surface area contributed by atoms with Gasteiger partial charge in [0.05, 0.1) is 36.1 Å². The molecule has 9 heteroatoms. The normalized spacial score (nSPS) is 11.5. The van der Waals surface area contributed by atoms with Crippen molar-refractivity contribution in [2.45, 2.75) is 20.8 Å². The second kappa shape index (κ2) is 9.52. The second-order valence-electron chi connectivity index (χ2n) is 9.45. The molecule has 1 amide bonds. The summed E-state index contributed by atoms with van der Waals surface area (Å²) in [7, 11) is 1.65. The lowest BCUT2D eigenvalue weighted by Gasteiger charge is -2.13. The summed E-state index contributed by atoms with van der Waals surface area (Å²) in [5, 5.41) is 19.5. The zero-order chi connectivity index (χ0) is 27.3. The molecule has 0 aliphatic heterocycles. The summed E-state index contributed by atoms with van der Waals surface area (Å²) in [6, 6.07) is 15.5. The van der Waals surface area contributed by atoms with Crippen molar-refractivity contribution in [2.24, 2.45) is 0 Å². The summed E-state index contributed by atoms with van der Waals surface area (Å²) in [5.41, 5.74) is 6.33. The van der Waals surface area contributed by atoms with Crippen molar-refractivity contribution < 1.29 is 19.2 Å². The Balaban J connectivity index is 1.63. The lowest BCUT2D eigenvalue weighted by atomic mass is 9.95. The van der Waals surface area contributed by atoms with Crippen LogP contribution in [0.4, 0.5) is 0 Å². The van der Waals surface area contributed by atoms with E-state index in [1.807, 2.05) is 63.2 Å². The fraction of sp³-hybridized carbons (Fsp3) is 0.200. The number of aliphatic hydroxyl groups excluding tert-OH is 1. The van der Waals surface area contributed by atoms with E-state index in [0.29, 0.717) is 28.5 Å². The average Bonchev–Trinajstić information content (AvgIpc) is 3.47. The predicted molar refractivity (Wildman–Crippen MR) is 150 cm³/mol. The molecule has 0 unspecified atom stereocenters. The number of aliphatic hydroxyl groups is 1. The first-order valence-electron chi connectivity index (χ1n) is 12.6. The quantitative estimate of drug-likeness (QED) is 0.274. The van der Waals surface area contributed by atoms with Gasteiger partial charge in [-0.25, -0.2) is 9.97 Å². The van der Waals surface area contributed by atoms with E-state index in [-0.39, 0.29) is 19.1 Å². The number of benzene rings is 3. The van der Waals surface area contributed by atoms with Crippen molar-refractivity contribution in [3.8, 4) is 28.1 Å². The Labute approximate surface area is 223 Å². The number of aryl methyl sites for hydroxylation is 3. The van der Waals surface area contributed by atoms with Crippen LogP contribution in [0.5, 0.6) is 5.75 Å². The van der Waals surface area contributed by atoms with Gasteiger partial charge in [0.25, 0.3) is 5.91 Å². The third-order valence-corrected chi connectivity index (χ3v) is 7.01. The smallest absolute Gasteiger partial charge is 0.251 e. The maximum atomic E-state index is 12.8. The molecule has 0 saturated carbocycles. The highest BCUT2D eigenvalue weighted by Gasteiger charge is 2.22. The summed E-state index contributed by atoms with van der Waals surface area (Å²) in [6.07, 6.45) is 0. The third-order valence-electron chi connectivity index (χ3n) is 7.01. The molecule has 0 fully saturated rings. The van der Waals surface area contributed by atoms with E-state index in [4.69, 9.17) is 24.3 Å². The minimum absolute atomic E-state index is 0.123. The highest BCUT2D eigenvalue weighted by atomic mass is 16.5. The lowest BCUT2D eigenvalue weighted by molar-refractivity contribution is 0.0946. The largest absolute Gasteiger partial charge is 0.496 e. The van der Waals surface area contributed by atoms with E-state index in [2.05, 4.69) is 15.5 Å². The molecular weight excluding hydrogens is 494 g/mol. The molecule has 39 heavy (non-hydrogen) atoms. The molecule has 0 saturated heterocycles. The highest BCUT2D eigenvalue weighted by molar-refractivity contribution is 6.17. The molecule has 0 aliphatic rings. The van der Waals surface area contributed by atoms with E-state index in [0.717, 1.165) is 55.1 Å². The topological polar surface area (TPSA) is 126 Å². The van der Waals surface area contributed by atoms with Gasteiger partial charge in [-0.1, -0.05) is 35.5 Å². The molecular formula is C30H27N5O4. The number of hydrogen-bond donors (Lipinski definition) is 3. The maximum absolute atomic E-state index is 12.8. The van der Waals surface area contributed by atoms with Gasteiger partial charge in [-0.05, 0) is 49.7 Å². The molecule has 0 bridgehead atoms. The number of methoxy groups -OCH3 is 1. The van der Waals surface area contributed by atoms with E-state index in [9.17, 15) is 4.79 Å². The summed E-state index contributed by atoms with van der Waals surface area (Å²) in [5.74, 6) is 1.78. The summed E-state index contributed by atoms with van der Waals surface area (Å²) in [4.78, 5) is 25.9. The van der Waals surface area contributed by atoms with Gasteiger partial charge in [0.2, 0.25) is 0 Å². The van der Waals surface area contributed by atoms with Gasteiger partial charge in [-0.3, -0.25) is 4.79 Å². The number of carbonyl (C=O) groups excluding carboxylic acids is 1. The molecule has 0 atom stereocenters. The van der Waals surface area contributed by atoms with E-state index in [1.165, 1.54) is 0 Å². The van der Waals surface area contributed by atoms with Crippen LogP contribution in [0.1, 0.15) is 27.6 Å². The van der Waals surface area contributed by atoms with Gasteiger partial charge in [-0.15, -0.1) is 0 Å². The van der Waals surface area contributed by atoms with Crippen LogP contribution in [0.2, 0.25) is 0 Å². The van der Waals surface area contributed by atoms with Crippen molar-refractivity contribution in [3.05, 3.63) is 71.4 Å². The molecule has 0 radical (unpaired) electrons. The van der Waals surface area contributed by atoms with Crippen LogP contribution in [0, 0.1) is 20.8 Å². The highest BCUT2D eigenvalue weighted by Crippen LogP contribution is 2.42. The van der Waals surface area contributed by atoms with Crippen LogP contribution in [0.3, 0.4) is 0 Å². The van der Waals surface area contributed by atoms with E-state index >= 15 is 0 Å². The fourth-order valence-electron chi connectivity index (χ4n) is 5.33. The number of amides is 1. The first-order valence-corrected chi connectivity index (χ1v) is 12.6. The second-order valence-corrected chi connectivity index (χ2v) is 9.45. The van der Waals surface area contributed by atoms with Gasteiger partial charge in [0.15, 0.2) is 0 Å². The van der Waals surface area contributed by atoms with Gasteiger partial charge >= 0.3 is 0 Å². The number of hydrogen-bond acceptors (Lipinski definition) is 7.